The fraction of sp³-hybridized carbons (Fsp3) is 0.891. The molecule has 0 rings (SSSR count). The van der Waals surface area contributed by atoms with Gasteiger partial charge in [0, 0.05) is 6.42 Å². The van der Waals surface area contributed by atoms with Gasteiger partial charge in [-0.2, -0.15) is 0 Å². The van der Waals surface area contributed by atoms with Crippen LogP contribution in [0.15, 0.2) is 24.3 Å². The van der Waals surface area contributed by atoms with Crippen LogP contribution in [0.2, 0.25) is 0 Å². The van der Waals surface area contributed by atoms with Crippen LogP contribution in [0.3, 0.4) is 0 Å². The fourth-order valence-electron chi connectivity index (χ4n) is 6.68. The molecule has 0 saturated heterocycles. The minimum absolute atomic E-state index is 0.000193. The smallest absolute Gasteiger partial charge is 0.268 e. The van der Waals surface area contributed by atoms with E-state index in [1.165, 1.54) is 154 Å². The molecule has 0 spiro atoms. The monoisotopic (exact) mass is 799 g/mol. The summed E-state index contributed by atoms with van der Waals surface area (Å²) in [6.07, 6.45) is 45.0. The van der Waals surface area contributed by atoms with Gasteiger partial charge in [-0.05, 0) is 44.9 Å². The van der Waals surface area contributed by atoms with Gasteiger partial charge in [0.25, 0.3) is 7.82 Å². The fourth-order valence-corrected chi connectivity index (χ4v) is 7.40. The van der Waals surface area contributed by atoms with E-state index in [1.807, 2.05) is 27.2 Å². The summed E-state index contributed by atoms with van der Waals surface area (Å²) in [7, 11) is 1.26. The van der Waals surface area contributed by atoms with Crippen molar-refractivity contribution in [3.05, 3.63) is 24.3 Å². The average molecular weight is 799 g/mol. The molecule has 0 aromatic heterocycles. The second kappa shape index (κ2) is 38.5. The SMILES string of the molecule is CCCCCCCC/C=C/CCCCCCCCCCCC(=O)N[C@@H](COP(=O)([O-])OCC[N+](C)(C)C)[C@H](O)/C=C/CCCCCCCCCCCCCC. The number of nitrogens with zero attached hydrogens (tertiary/aromatic N) is 1. The number of aliphatic hydroxyl groups is 1. The molecule has 326 valence electrons. The molecule has 0 aromatic rings. The maximum atomic E-state index is 12.9. The van der Waals surface area contributed by atoms with Crippen LogP contribution < -0.4 is 10.2 Å². The number of allylic oxidation sites excluding steroid dienone is 3. The normalized spacial score (nSPS) is 14.5. The third-order valence-corrected chi connectivity index (χ3v) is 11.4. The third-order valence-electron chi connectivity index (χ3n) is 10.4. The van der Waals surface area contributed by atoms with Crippen molar-refractivity contribution in [3.8, 4) is 0 Å². The largest absolute Gasteiger partial charge is 0.756 e. The predicted molar refractivity (Wildman–Crippen MR) is 233 cm³/mol. The molecule has 1 unspecified atom stereocenters. The lowest BCUT2D eigenvalue weighted by atomic mass is 10.0. The number of hydrogen-bond acceptors (Lipinski definition) is 6. The lowest BCUT2D eigenvalue weighted by Crippen LogP contribution is -2.45. The van der Waals surface area contributed by atoms with E-state index in [0.29, 0.717) is 17.4 Å². The van der Waals surface area contributed by atoms with Crippen molar-refractivity contribution in [1.82, 2.24) is 5.32 Å². The van der Waals surface area contributed by atoms with Crippen LogP contribution in [0.25, 0.3) is 0 Å². The number of likely N-dealkylation sites (N-methyl/N-ethyl adjacent to an activating group) is 1. The van der Waals surface area contributed by atoms with E-state index in [1.54, 1.807) is 6.08 Å². The van der Waals surface area contributed by atoms with Gasteiger partial charge in [0.2, 0.25) is 5.91 Å². The number of amides is 1. The molecule has 0 fully saturated rings. The highest BCUT2D eigenvalue weighted by Crippen LogP contribution is 2.38. The van der Waals surface area contributed by atoms with Gasteiger partial charge in [0.05, 0.1) is 39.9 Å². The Labute approximate surface area is 341 Å². The van der Waals surface area contributed by atoms with Crippen LogP contribution in [0.4, 0.5) is 0 Å². The van der Waals surface area contributed by atoms with E-state index >= 15 is 0 Å². The van der Waals surface area contributed by atoms with Crippen LogP contribution in [-0.4, -0.2) is 68.5 Å². The number of rotatable bonds is 42. The summed E-state index contributed by atoms with van der Waals surface area (Å²) in [5.41, 5.74) is 0. The van der Waals surface area contributed by atoms with Gasteiger partial charge < -0.3 is 28.8 Å². The Hall–Kier alpha value is -1.02. The average Bonchev–Trinajstić information content (AvgIpc) is 3.13. The van der Waals surface area contributed by atoms with Gasteiger partial charge in [-0.15, -0.1) is 0 Å². The van der Waals surface area contributed by atoms with E-state index in [2.05, 4.69) is 31.3 Å². The molecule has 9 heteroatoms. The standard InChI is InChI=1S/C46H91N2O6P/c1-6-8-10-12-14-16-18-20-22-23-24-25-26-28-30-32-34-36-38-40-46(50)47-44(43-54-55(51,52)53-42-41-48(3,4)5)45(49)39-37-35-33-31-29-27-21-19-17-15-13-11-9-7-2/h20,22,37,39,44-45,49H,6-19,21,23-36,38,40-43H2,1-5H3,(H-,47,50,51,52)/b22-20+,39-37+/t44-,45+/m0/s1. The number of phosphoric ester groups is 1. The van der Waals surface area contributed by atoms with E-state index in [-0.39, 0.29) is 19.1 Å². The molecule has 0 bridgehead atoms. The molecule has 0 saturated carbocycles. The Morgan fingerprint density at radius 1 is 0.618 bits per heavy atom. The molecule has 0 aliphatic heterocycles. The van der Waals surface area contributed by atoms with E-state index in [9.17, 15) is 19.4 Å². The minimum atomic E-state index is -4.58. The van der Waals surface area contributed by atoms with Crippen molar-refractivity contribution in [1.29, 1.82) is 0 Å². The molecule has 0 radical (unpaired) electrons. The maximum absolute atomic E-state index is 12.9. The number of carbonyl (C=O) groups is 1. The second-order valence-electron chi connectivity index (χ2n) is 17.1. The van der Waals surface area contributed by atoms with Crippen LogP contribution >= 0.6 is 7.82 Å². The molecular formula is C46H91N2O6P. The Bertz CT molecular complexity index is 953. The molecule has 0 heterocycles. The molecule has 0 aromatic carbocycles. The molecule has 0 aliphatic rings. The number of carbonyl (C=O) groups excluding carboxylic acids is 1. The van der Waals surface area contributed by atoms with Crippen molar-refractivity contribution in [2.45, 2.75) is 225 Å². The summed E-state index contributed by atoms with van der Waals surface area (Å²) in [5.74, 6) is -0.199. The molecule has 8 nitrogen and oxygen atoms in total. The first kappa shape index (κ1) is 54.0. The summed E-state index contributed by atoms with van der Waals surface area (Å²) < 4.78 is 23.2. The van der Waals surface area contributed by atoms with Gasteiger partial charge in [0.15, 0.2) is 0 Å². The summed E-state index contributed by atoms with van der Waals surface area (Å²) in [6, 6.07) is -0.884. The van der Waals surface area contributed by atoms with Crippen molar-refractivity contribution in [3.63, 3.8) is 0 Å². The van der Waals surface area contributed by atoms with Gasteiger partial charge in [0.1, 0.15) is 13.2 Å². The molecular weight excluding hydrogens is 707 g/mol. The Kier molecular flexibility index (Phi) is 37.8. The zero-order valence-corrected chi connectivity index (χ0v) is 37.8. The second-order valence-corrected chi connectivity index (χ2v) is 18.5. The van der Waals surface area contributed by atoms with Crippen molar-refractivity contribution < 1.29 is 32.9 Å². The summed E-state index contributed by atoms with van der Waals surface area (Å²) in [5, 5.41) is 13.8. The topological polar surface area (TPSA) is 108 Å². The highest BCUT2D eigenvalue weighted by Gasteiger charge is 2.23. The van der Waals surface area contributed by atoms with E-state index in [4.69, 9.17) is 9.05 Å². The number of aliphatic hydroxyl groups excluding tert-OH is 1. The van der Waals surface area contributed by atoms with Gasteiger partial charge in [-0.3, -0.25) is 9.36 Å². The predicted octanol–water partition coefficient (Wildman–Crippen LogP) is 12.3. The number of quaternary nitrogens is 1. The Balaban J connectivity index is 4.36. The highest BCUT2D eigenvalue weighted by molar-refractivity contribution is 7.45. The number of phosphoric acid groups is 1. The third kappa shape index (κ3) is 41.0. The van der Waals surface area contributed by atoms with Crippen LogP contribution in [0.5, 0.6) is 0 Å². The van der Waals surface area contributed by atoms with Gasteiger partial charge in [-0.25, -0.2) is 0 Å². The van der Waals surface area contributed by atoms with Crippen LogP contribution in [0, 0.1) is 0 Å². The first-order chi connectivity index (χ1) is 26.5. The Morgan fingerprint density at radius 2 is 1.00 bits per heavy atom. The van der Waals surface area contributed by atoms with E-state index in [0.717, 1.165) is 38.5 Å². The molecule has 1 amide bonds. The van der Waals surface area contributed by atoms with Crippen molar-refractivity contribution >= 4 is 13.7 Å². The molecule has 3 atom stereocenters. The molecule has 55 heavy (non-hydrogen) atoms. The first-order valence-electron chi connectivity index (χ1n) is 23.2. The van der Waals surface area contributed by atoms with Crippen LogP contribution in [-0.2, 0) is 18.4 Å². The summed E-state index contributed by atoms with van der Waals surface area (Å²) in [4.78, 5) is 25.3. The zero-order chi connectivity index (χ0) is 40.7. The zero-order valence-electron chi connectivity index (χ0n) is 36.9. The lowest BCUT2D eigenvalue weighted by Gasteiger charge is -2.29. The van der Waals surface area contributed by atoms with Crippen molar-refractivity contribution in [2.24, 2.45) is 0 Å². The molecule has 0 aliphatic carbocycles. The number of unbranched alkanes of at least 4 members (excludes halogenated alkanes) is 27. The minimum Gasteiger partial charge on any atom is -0.756 e. The van der Waals surface area contributed by atoms with Gasteiger partial charge >= 0.3 is 0 Å². The quantitative estimate of drug-likeness (QED) is 0.0276. The number of hydrogen-bond donors (Lipinski definition) is 2. The summed E-state index contributed by atoms with van der Waals surface area (Å²) >= 11 is 0. The van der Waals surface area contributed by atoms with E-state index < -0.39 is 20.0 Å². The first-order valence-corrected chi connectivity index (χ1v) is 24.7. The van der Waals surface area contributed by atoms with Gasteiger partial charge in [-0.1, -0.05) is 186 Å². The Morgan fingerprint density at radius 3 is 1.42 bits per heavy atom. The molecule has 2 N–H and O–H groups in total. The highest BCUT2D eigenvalue weighted by atomic mass is 31.2. The van der Waals surface area contributed by atoms with Crippen LogP contribution in [0.1, 0.15) is 213 Å². The van der Waals surface area contributed by atoms with Crippen molar-refractivity contribution in [2.75, 3.05) is 40.9 Å². The lowest BCUT2D eigenvalue weighted by molar-refractivity contribution is -0.870. The summed E-state index contributed by atoms with van der Waals surface area (Å²) in [6.45, 7) is 4.64. The maximum Gasteiger partial charge on any atom is 0.268 e. The number of nitrogens with one attached hydrogen (secondary N) is 1.